The minimum absolute atomic E-state index is 0.406. The minimum atomic E-state index is -0.406. The number of para-hydroxylation sites is 4. The average Bonchev–Trinajstić information content (AvgIpc) is 1.52. The molecule has 6 heterocycles. The summed E-state index contributed by atoms with van der Waals surface area (Å²) in [7, 11) is 0. The van der Waals surface area contributed by atoms with Crippen LogP contribution in [0.15, 0.2) is 336 Å². The Labute approximate surface area is 568 Å². The predicted octanol–water partition coefficient (Wildman–Crippen LogP) is 24.3. The van der Waals surface area contributed by atoms with Crippen LogP contribution in [0.4, 0.5) is 0 Å². The molecule has 99 heavy (non-hydrogen) atoms. The van der Waals surface area contributed by atoms with Gasteiger partial charge in [-0.1, -0.05) is 273 Å². The van der Waals surface area contributed by atoms with E-state index in [-0.39, 0.29) is 0 Å². The molecule has 0 aliphatic heterocycles. The van der Waals surface area contributed by atoms with Crippen LogP contribution in [0, 0.1) is 0 Å². The molecule has 0 saturated heterocycles. The Balaban J connectivity index is 0.000000131. The average molecular weight is 1260 g/mol. The standard InChI is InChI=1S/C50H29NO.C43H25N3O/c1-2-13-30(14-3-1)48-39-27-28-45-47(37-18-7-11-24-44(37)52-45)46(39)38-20-12-19-32(49(38)51-48)31-25-26-36-35-17-6-10-23-42(35)50(43(36)29-31)40-21-8-4-15-33(40)34-16-5-9-22-41(34)50;1-3-10-26(11-4-1)34-23-20-28-18-19-29-21-24-35(45-42(29)41(28)44-34)30-15-9-16-32-38-33(40(46-43(30)32)27-12-5-2-6-13-27)22-25-37-39(38)31-14-7-8-17-36(31)47-37/h1-29H;1-25H. The molecule has 0 unspecified atom stereocenters. The second-order valence-electron chi connectivity index (χ2n) is 26.1. The molecule has 0 radical (unpaired) electrons. The molecule has 6 aromatic heterocycles. The van der Waals surface area contributed by atoms with Gasteiger partial charge >= 0.3 is 0 Å². The van der Waals surface area contributed by atoms with Gasteiger partial charge in [-0.2, -0.15) is 0 Å². The van der Waals surface area contributed by atoms with Gasteiger partial charge < -0.3 is 8.83 Å². The quantitative estimate of drug-likeness (QED) is 0.160. The van der Waals surface area contributed by atoms with Gasteiger partial charge in [0.1, 0.15) is 22.3 Å². The molecule has 1 spiro atoms. The van der Waals surface area contributed by atoms with Crippen LogP contribution < -0.4 is 0 Å². The monoisotopic (exact) mass is 1260 g/mol. The first-order valence-corrected chi connectivity index (χ1v) is 33.8. The third kappa shape index (κ3) is 8.12. The molecule has 20 aromatic rings. The van der Waals surface area contributed by atoms with Crippen LogP contribution in [0.25, 0.3) is 187 Å². The zero-order valence-electron chi connectivity index (χ0n) is 53.3. The van der Waals surface area contributed by atoms with Gasteiger partial charge in [-0.25, -0.2) is 19.9 Å². The molecule has 0 N–H and O–H groups in total. The van der Waals surface area contributed by atoms with E-state index in [2.05, 4.69) is 285 Å². The van der Waals surface area contributed by atoms with Gasteiger partial charge in [-0.15, -0.1) is 0 Å². The van der Waals surface area contributed by atoms with Crippen molar-refractivity contribution in [2.45, 2.75) is 5.41 Å². The summed E-state index contributed by atoms with van der Waals surface area (Å²) >= 11 is 0. The minimum Gasteiger partial charge on any atom is -0.456 e. The number of benzene rings is 14. The van der Waals surface area contributed by atoms with Gasteiger partial charge in [0.15, 0.2) is 0 Å². The van der Waals surface area contributed by atoms with Crippen LogP contribution in [0.2, 0.25) is 0 Å². The van der Waals surface area contributed by atoms with E-state index in [1.54, 1.807) is 0 Å². The van der Waals surface area contributed by atoms with Gasteiger partial charge in [0.2, 0.25) is 0 Å². The van der Waals surface area contributed by atoms with E-state index in [1.165, 1.54) is 49.9 Å². The number of hydrogen-bond acceptors (Lipinski definition) is 6. The Bertz CT molecular complexity index is 6730. The Morgan fingerprint density at radius 1 is 0.212 bits per heavy atom. The SMILES string of the molecule is c1ccc(-c2ccc3ccc4ccc(-c5cccc6c5nc(-c5ccccc5)c5ccc7oc8ccccc8c7c56)nc4c3n2)cc1.c1ccc(-c2nc3c(-c4ccc5c(c4)C4(c6ccccc6-c6ccccc64)c4ccccc4-5)cccc3c3c2ccc2oc4ccccc4c23)cc1. The lowest BCUT2D eigenvalue weighted by molar-refractivity contribution is 0.669. The first kappa shape index (κ1) is 55.2. The number of rotatable bonds is 5. The zero-order valence-corrected chi connectivity index (χ0v) is 53.3. The molecule has 0 bridgehead atoms. The van der Waals surface area contributed by atoms with E-state index in [9.17, 15) is 0 Å². The molecular weight excluding hydrogens is 1210 g/mol. The van der Waals surface area contributed by atoms with Crippen LogP contribution in [0.3, 0.4) is 0 Å². The molecule has 0 fully saturated rings. The van der Waals surface area contributed by atoms with Crippen LogP contribution in [-0.4, -0.2) is 19.9 Å². The highest BCUT2D eigenvalue weighted by Crippen LogP contribution is 2.63. The molecule has 0 atom stereocenters. The molecule has 0 amide bonds. The number of fused-ring (bicyclic) bond motifs is 27. The second kappa shape index (κ2) is 21.4. The summed E-state index contributed by atoms with van der Waals surface area (Å²) in [6.45, 7) is 0. The van der Waals surface area contributed by atoms with Crippen molar-refractivity contribution in [3.05, 3.63) is 350 Å². The van der Waals surface area contributed by atoms with Gasteiger partial charge in [-0.05, 0) is 105 Å². The molecular formula is C93H54N4O2. The number of pyridine rings is 4. The lowest BCUT2D eigenvalue weighted by atomic mass is 9.70. The maximum Gasteiger partial charge on any atom is 0.136 e. The third-order valence-corrected chi connectivity index (χ3v) is 20.9. The molecule has 2 aliphatic rings. The molecule has 6 heteroatoms. The lowest BCUT2D eigenvalue weighted by Crippen LogP contribution is -2.25. The van der Waals surface area contributed by atoms with E-state index in [0.717, 1.165) is 160 Å². The summed E-state index contributed by atoms with van der Waals surface area (Å²) in [5.74, 6) is 0. The summed E-state index contributed by atoms with van der Waals surface area (Å²) < 4.78 is 12.8. The third-order valence-electron chi connectivity index (χ3n) is 20.9. The number of hydrogen-bond donors (Lipinski definition) is 0. The van der Waals surface area contributed by atoms with Crippen molar-refractivity contribution in [1.29, 1.82) is 0 Å². The van der Waals surface area contributed by atoms with Crippen LogP contribution in [0.5, 0.6) is 0 Å². The van der Waals surface area contributed by atoms with Crippen molar-refractivity contribution in [2.75, 3.05) is 0 Å². The van der Waals surface area contributed by atoms with Gasteiger partial charge in [-0.3, -0.25) is 0 Å². The van der Waals surface area contributed by atoms with Gasteiger partial charge in [0, 0.05) is 92.5 Å². The zero-order chi connectivity index (χ0) is 64.9. The fourth-order valence-electron chi connectivity index (χ4n) is 16.7. The highest BCUT2D eigenvalue weighted by Gasteiger charge is 2.51. The van der Waals surface area contributed by atoms with E-state index in [4.69, 9.17) is 28.8 Å². The van der Waals surface area contributed by atoms with Crippen molar-refractivity contribution in [1.82, 2.24) is 19.9 Å². The van der Waals surface area contributed by atoms with E-state index < -0.39 is 5.41 Å². The van der Waals surface area contributed by atoms with Crippen molar-refractivity contribution < 1.29 is 8.83 Å². The largest absolute Gasteiger partial charge is 0.456 e. The smallest absolute Gasteiger partial charge is 0.136 e. The van der Waals surface area contributed by atoms with Gasteiger partial charge in [0.05, 0.1) is 50.3 Å². The molecule has 2 aliphatic carbocycles. The summed E-state index contributed by atoms with van der Waals surface area (Å²) in [6, 6.07) is 116. The van der Waals surface area contributed by atoms with Crippen LogP contribution >= 0.6 is 0 Å². The molecule has 458 valence electrons. The van der Waals surface area contributed by atoms with Crippen LogP contribution in [0.1, 0.15) is 22.3 Å². The Morgan fingerprint density at radius 3 is 1.15 bits per heavy atom. The van der Waals surface area contributed by atoms with E-state index in [1.807, 2.05) is 42.5 Å². The van der Waals surface area contributed by atoms with Crippen molar-refractivity contribution in [3.63, 3.8) is 0 Å². The molecule has 0 saturated carbocycles. The van der Waals surface area contributed by atoms with Crippen molar-refractivity contribution >= 4 is 109 Å². The Hall–Kier alpha value is -13.2. The molecule has 22 rings (SSSR count). The summed E-state index contributed by atoms with van der Waals surface area (Å²) in [5, 5.41) is 13.3. The second-order valence-corrected chi connectivity index (χ2v) is 26.1. The number of nitrogens with zero attached hydrogens (tertiary/aromatic N) is 4. The maximum atomic E-state index is 6.44. The Kier molecular flexibility index (Phi) is 11.9. The number of furan rings is 2. The topological polar surface area (TPSA) is 77.8 Å². The van der Waals surface area contributed by atoms with Crippen molar-refractivity contribution in [3.8, 4) is 78.4 Å². The molecule has 14 aromatic carbocycles. The number of aromatic nitrogens is 4. The Morgan fingerprint density at radius 2 is 0.616 bits per heavy atom. The lowest BCUT2D eigenvalue weighted by Gasteiger charge is -2.30. The van der Waals surface area contributed by atoms with E-state index >= 15 is 0 Å². The fourth-order valence-corrected chi connectivity index (χ4v) is 16.7. The van der Waals surface area contributed by atoms with Crippen molar-refractivity contribution in [2.24, 2.45) is 0 Å². The summed E-state index contributed by atoms with van der Waals surface area (Å²) in [5.41, 5.74) is 27.6. The van der Waals surface area contributed by atoms with Crippen LogP contribution in [-0.2, 0) is 5.41 Å². The maximum absolute atomic E-state index is 6.44. The normalized spacial score (nSPS) is 12.7. The molecule has 6 nitrogen and oxygen atoms in total. The predicted molar refractivity (Wildman–Crippen MR) is 407 cm³/mol. The van der Waals surface area contributed by atoms with E-state index in [0.29, 0.717) is 0 Å². The fraction of sp³-hybridized carbons (Fsp3) is 0.0108. The summed E-state index contributed by atoms with van der Waals surface area (Å²) in [4.78, 5) is 21.5. The summed E-state index contributed by atoms with van der Waals surface area (Å²) in [6.07, 6.45) is 0. The highest BCUT2D eigenvalue weighted by atomic mass is 16.3. The first-order chi connectivity index (χ1) is 49.1. The van der Waals surface area contributed by atoms with Gasteiger partial charge in [0.25, 0.3) is 0 Å². The first-order valence-electron chi connectivity index (χ1n) is 33.8. The highest BCUT2D eigenvalue weighted by molar-refractivity contribution is 6.31.